The van der Waals surface area contributed by atoms with Crippen LogP contribution in [-0.2, 0) is 9.59 Å². The van der Waals surface area contributed by atoms with E-state index < -0.39 is 23.4 Å². The van der Waals surface area contributed by atoms with Gasteiger partial charge in [0, 0.05) is 32.4 Å². The number of aldehydes is 1. The van der Waals surface area contributed by atoms with Crippen LogP contribution in [0.5, 0.6) is 5.75 Å². The molecule has 13 nitrogen and oxygen atoms in total. The maximum absolute atomic E-state index is 12.6. The van der Waals surface area contributed by atoms with Crippen LogP contribution in [0.25, 0.3) is 5.69 Å². The molecule has 1 aromatic carbocycles. The van der Waals surface area contributed by atoms with Crippen molar-refractivity contribution >= 4 is 30.1 Å². The second-order valence-corrected chi connectivity index (χ2v) is 8.20. The lowest BCUT2D eigenvalue weighted by Crippen LogP contribution is -2.60. The fraction of sp³-hybridized carbons (Fsp3) is 0.364. The summed E-state index contributed by atoms with van der Waals surface area (Å²) in [7, 11) is 0. The van der Waals surface area contributed by atoms with Crippen LogP contribution in [0, 0.1) is 0 Å². The highest BCUT2D eigenvalue weighted by molar-refractivity contribution is 5.90. The Labute approximate surface area is 200 Å². The molecule has 1 aliphatic rings. The Balaban J connectivity index is 1.57. The van der Waals surface area contributed by atoms with Crippen molar-refractivity contribution < 1.29 is 29.0 Å². The number of nitrogens with one attached hydrogen (secondary N) is 2. The van der Waals surface area contributed by atoms with Gasteiger partial charge in [0.15, 0.2) is 6.29 Å². The quantitative estimate of drug-likeness (QED) is 0.477. The molecule has 2 aromatic rings. The van der Waals surface area contributed by atoms with Crippen molar-refractivity contribution in [1.82, 2.24) is 24.7 Å². The number of piperazine rings is 1. The minimum atomic E-state index is -1.29. The Bertz CT molecular complexity index is 1150. The number of anilines is 1. The summed E-state index contributed by atoms with van der Waals surface area (Å²) in [4.78, 5) is 65.8. The minimum Gasteiger partial charge on any atom is -0.486 e. The number of benzene rings is 1. The molecule has 13 heteroatoms. The number of carbonyl (C=O) groups is 4. The molecule has 0 bridgehead atoms. The number of amides is 4. The summed E-state index contributed by atoms with van der Waals surface area (Å²) in [5.74, 6) is 0.176. The van der Waals surface area contributed by atoms with E-state index in [1.807, 2.05) is 0 Å². The van der Waals surface area contributed by atoms with Crippen LogP contribution < -0.4 is 21.1 Å². The summed E-state index contributed by atoms with van der Waals surface area (Å²) >= 11 is 0. The molecule has 0 unspecified atom stereocenters. The molecule has 3 rings (SSSR count). The van der Waals surface area contributed by atoms with Gasteiger partial charge in [0.2, 0.25) is 5.91 Å². The summed E-state index contributed by atoms with van der Waals surface area (Å²) in [5.41, 5.74) is -1.36. The lowest BCUT2D eigenvalue weighted by Gasteiger charge is -2.38. The van der Waals surface area contributed by atoms with Crippen LogP contribution in [0.15, 0.2) is 41.3 Å². The predicted molar refractivity (Wildman–Crippen MR) is 124 cm³/mol. The van der Waals surface area contributed by atoms with Crippen LogP contribution in [0.3, 0.4) is 0 Å². The second-order valence-electron chi connectivity index (χ2n) is 8.20. The molecule has 186 valence electrons. The van der Waals surface area contributed by atoms with Crippen LogP contribution >= 0.6 is 0 Å². The van der Waals surface area contributed by atoms with E-state index in [-0.39, 0.29) is 44.5 Å². The maximum Gasteiger partial charge on any atom is 0.405 e. The first-order valence-electron chi connectivity index (χ1n) is 10.7. The van der Waals surface area contributed by atoms with Gasteiger partial charge < -0.3 is 25.0 Å². The zero-order valence-corrected chi connectivity index (χ0v) is 19.3. The molecule has 0 spiro atoms. The smallest absolute Gasteiger partial charge is 0.405 e. The first kappa shape index (κ1) is 25.2. The van der Waals surface area contributed by atoms with Gasteiger partial charge in [0.25, 0.3) is 0 Å². The van der Waals surface area contributed by atoms with Gasteiger partial charge in [-0.25, -0.2) is 14.4 Å². The third-order valence-corrected chi connectivity index (χ3v) is 5.28. The fourth-order valence-corrected chi connectivity index (χ4v) is 3.52. The first-order valence-corrected chi connectivity index (χ1v) is 10.7. The van der Waals surface area contributed by atoms with Gasteiger partial charge in [-0.15, -0.1) is 0 Å². The summed E-state index contributed by atoms with van der Waals surface area (Å²) < 4.78 is 6.46. The summed E-state index contributed by atoms with van der Waals surface area (Å²) in [6, 6.07) is 7.51. The lowest BCUT2D eigenvalue weighted by molar-refractivity contribution is -0.138. The van der Waals surface area contributed by atoms with E-state index in [1.54, 1.807) is 24.3 Å². The zero-order chi connectivity index (χ0) is 25.6. The molecular formula is C22H26N6O7. The van der Waals surface area contributed by atoms with Crippen molar-refractivity contribution in [3.63, 3.8) is 0 Å². The van der Waals surface area contributed by atoms with Crippen LogP contribution in [0.1, 0.15) is 13.8 Å². The average Bonchev–Trinajstić information content (AvgIpc) is 2.82. The summed E-state index contributed by atoms with van der Waals surface area (Å²) in [6.07, 6.45) is 0.812. The first-order chi connectivity index (χ1) is 16.6. The van der Waals surface area contributed by atoms with Crippen LogP contribution in [0.2, 0.25) is 0 Å². The number of rotatable bonds is 7. The molecule has 0 aliphatic carbocycles. The molecular weight excluding hydrogens is 460 g/mol. The van der Waals surface area contributed by atoms with E-state index in [2.05, 4.69) is 15.6 Å². The third kappa shape index (κ3) is 6.34. The number of hydrogen-bond donors (Lipinski definition) is 3. The normalized spacial score (nSPS) is 13.7. The van der Waals surface area contributed by atoms with Crippen LogP contribution in [0.4, 0.5) is 15.4 Å². The van der Waals surface area contributed by atoms with Gasteiger partial charge in [0.05, 0.1) is 5.69 Å². The van der Waals surface area contributed by atoms with E-state index in [0.717, 1.165) is 0 Å². The summed E-state index contributed by atoms with van der Waals surface area (Å²) in [6.45, 7) is 3.82. The van der Waals surface area contributed by atoms with Crippen molar-refractivity contribution in [1.29, 1.82) is 0 Å². The molecule has 4 amide bonds. The molecule has 3 N–H and O–H groups in total. The van der Waals surface area contributed by atoms with Crippen molar-refractivity contribution in [3.05, 3.63) is 47.0 Å². The topological polar surface area (TPSA) is 163 Å². The van der Waals surface area contributed by atoms with Crippen molar-refractivity contribution in [3.8, 4) is 11.4 Å². The molecule has 1 fully saturated rings. The van der Waals surface area contributed by atoms with Gasteiger partial charge in [-0.05, 0) is 44.2 Å². The Kier molecular flexibility index (Phi) is 7.69. The van der Waals surface area contributed by atoms with E-state index in [0.29, 0.717) is 17.7 Å². The SMILES string of the molecule is CC(C)(NC(=O)O)C(=O)N1CCN(C(=O)Nc2ccn(-c3ccc(OCC=O)cc3)c(=O)n2)CC1. The average molecular weight is 486 g/mol. The molecule has 0 atom stereocenters. The molecule has 0 saturated carbocycles. The highest BCUT2D eigenvalue weighted by atomic mass is 16.5. The van der Waals surface area contributed by atoms with Crippen molar-refractivity contribution in [2.24, 2.45) is 0 Å². The molecule has 1 saturated heterocycles. The Morgan fingerprint density at radius 2 is 1.71 bits per heavy atom. The van der Waals surface area contributed by atoms with Gasteiger partial charge >= 0.3 is 17.8 Å². The molecule has 0 radical (unpaired) electrons. The standard InChI is InChI=1S/C22H26N6O7/c1-22(2,25-21(33)34)18(30)26-9-11-27(12-10-26)19(31)23-17-7-8-28(20(32)24-17)15-3-5-16(6-4-15)35-14-13-29/h3-8,13,25H,9-12,14H2,1-2H3,(H,33,34)(H,23,24,31,32). The summed E-state index contributed by atoms with van der Waals surface area (Å²) in [5, 5.41) is 13.7. The molecule has 35 heavy (non-hydrogen) atoms. The van der Waals surface area contributed by atoms with E-state index in [1.165, 1.54) is 40.5 Å². The van der Waals surface area contributed by atoms with Crippen LogP contribution in [-0.4, -0.2) is 87.1 Å². The third-order valence-electron chi connectivity index (χ3n) is 5.28. The van der Waals surface area contributed by atoms with Crippen molar-refractivity contribution in [2.75, 3.05) is 38.1 Å². The number of ether oxygens (including phenoxy) is 1. The Morgan fingerprint density at radius 3 is 2.29 bits per heavy atom. The molecule has 2 heterocycles. The maximum atomic E-state index is 12.6. The van der Waals surface area contributed by atoms with E-state index in [9.17, 15) is 24.0 Å². The highest BCUT2D eigenvalue weighted by Crippen LogP contribution is 2.15. The van der Waals surface area contributed by atoms with Crippen molar-refractivity contribution in [2.45, 2.75) is 19.4 Å². The lowest BCUT2D eigenvalue weighted by atomic mass is 10.0. The Hall–Kier alpha value is -4.42. The number of carbonyl (C=O) groups excluding carboxylic acids is 3. The number of nitrogens with zero attached hydrogens (tertiary/aromatic N) is 4. The number of carboxylic acid groups (broad SMARTS) is 1. The largest absolute Gasteiger partial charge is 0.486 e. The monoisotopic (exact) mass is 486 g/mol. The van der Waals surface area contributed by atoms with E-state index >= 15 is 0 Å². The fourth-order valence-electron chi connectivity index (χ4n) is 3.52. The zero-order valence-electron chi connectivity index (χ0n) is 19.3. The minimum absolute atomic E-state index is 0.0689. The Morgan fingerprint density at radius 1 is 1.09 bits per heavy atom. The van der Waals surface area contributed by atoms with Gasteiger partial charge in [0.1, 0.15) is 23.7 Å². The predicted octanol–water partition coefficient (Wildman–Crippen LogP) is 0.533. The number of hydrogen-bond acceptors (Lipinski definition) is 7. The number of aromatic nitrogens is 2. The number of urea groups is 1. The molecule has 1 aliphatic heterocycles. The molecule has 1 aromatic heterocycles. The van der Waals surface area contributed by atoms with E-state index in [4.69, 9.17) is 9.84 Å². The van der Waals surface area contributed by atoms with Gasteiger partial charge in [-0.2, -0.15) is 4.98 Å². The van der Waals surface area contributed by atoms with Gasteiger partial charge in [-0.3, -0.25) is 19.5 Å². The highest BCUT2D eigenvalue weighted by Gasteiger charge is 2.35. The second kappa shape index (κ2) is 10.7. The van der Waals surface area contributed by atoms with Gasteiger partial charge in [-0.1, -0.05) is 0 Å².